The normalized spacial score (nSPS) is 13.7. The molecular weight excluding hydrogens is 187 g/mol. The van der Waals surface area contributed by atoms with Crippen LogP contribution in [0, 0.1) is 0 Å². The predicted molar refractivity (Wildman–Crippen MR) is 53.8 cm³/mol. The van der Waals surface area contributed by atoms with E-state index in [0.717, 1.165) is 5.56 Å². The molecule has 1 aliphatic rings. The van der Waals surface area contributed by atoms with Crippen LogP contribution < -0.4 is 0 Å². The first-order valence-corrected chi connectivity index (χ1v) is 4.04. The summed E-state index contributed by atoms with van der Waals surface area (Å²) >= 11 is 0. The zero-order chi connectivity index (χ0) is 9.10. The number of benzene rings is 1. The van der Waals surface area contributed by atoms with E-state index in [1.165, 1.54) is 6.20 Å². The fourth-order valence-corrected chi connectivity index (χ4v) is 1.21. The van der Waals surface area contributed by atoms with Gasteiger partial charge < -0.3 is 0 Å². The smallest absolute Gasteiger partial charge is 0.265 e. The van der Waals surface area contributed by atoms with Crippen molar-refractivity contribution in [1.82, 2.24) is 0 Å². The Morgan fingerprint density at radius 2 is 1.86 bits per heavy atom. The van der Waals surface area contributed by atoms with E-state index < -0.39 is 0 Å². The van der Waals surface area contributed by atoms with Gasteiger partial charge in [-0.15, -0.1) is 5.11 Å². The van der Waals surface area contributed by atoms with E-state index in [1.807, 2.05) is 30.3 Å². The average molecular weight is 195 g/mol. The summed E-state index contributed by atoms with van der Waals surface area (Å²) < 4.78 is 0. The van der Waals surface area contributed by atoms with Gasteiger partial charge in [-0.2, -0.15) is 5.11 Å². The van der Waals surface area contributed by atoms with Crippen molar-refractivity contribution in [2.45, 2.75) is 6.42 Å². The molecule has 0 saturated carbocycles. The summed E-state index contributed by atoms with van der Waals surface area (Å²) in [7, 11) is 0. The minimum atomic E-state index is -0.219. The van der Waals surface area contributed by atoms with E-state index in [2.05, 4.69) is 10.2 Å². The Bertz CT molecular complexity index is 384. The van der Waals surface area contributed by atoms with Gasteiger partial charge in [-0.25, -0.2) is 0 Å². The molecule has 65 valence electrons. The molecule has 1 radical (unpaired) electrons. The second-order valence-corrected chi connectivity index (χ2v) is 2.84. The van der Waals surface area contributed by atoms with Gasteiger partial charge in [0.2, 0.25) is 0 Å². The topological polar surface area (TPSA) is 41.8 Å². The molecule has 0 unspecified atom stereocenters. The maximum absolute atomic E-state index is 11.0. The first-order valence-electron chi connectivity index (χ1n) is 4.04. The third-order valence-corrected chi connectivity index (χ3v) is 1.87. The van der Waals surface area contributed by atoms with E-state index in [4.69, 9.17) is 0 Å². The van der Waals surface area contributed by atoms with E-state index in [1.54, 1.807) is 0 Å². The second-order valence-electron chi connectivity index (χ2n) is 2.84. The molecule has 3 nitrogen and oxygen atoms in total. The average Bonchev–Trinajstić information content (AvgIpc) is 2.54. The number of rotatable bonds is 2. The number of amides is 1. The standard InChI is InChI=1S/C10H8N2O.Na/c13-10-9(7-11-12-10)6-8-4-2-1-3-5-8;/h1-5,7H,6H2;. The summed E-state index contributed by atoms with van der Waals surface area (Å²) in [4.78, 5) is 11.0. The quantitative estimate of drug-likeness (QED) is 0.662. The first-order chi connectivity index (χ1) is 6.36. The summed E-state index contributed by atoms with van der Waals surface area (Å²) in [6.07, 6.45) is 2.14. The monoisotopic (exact) mass is 195 g/mol. The molecular formula is C10H8N2NaO. The van der Waals surface area contributed by atoms with Crippen LogP contribution in [0.2, 0.25) is 0 Å². The molecule has 1 amide bonds. The molecule has 0 bridgehead atoms. The van der Waals surface area contributed by atoms with Gasteiger partial charge in [0, 0.05) is 41.6 Å². The van der Waals surface area contributed by atoms with Crippen LogP contribution >= 0.6 is 0 Å². The fraction of sp³-hybridized carbons (Fsp3) is 0.100. The Kier molecular flexibility index (Phi) is 4.20. The van der Waals surface area contributed by atoms with Crippen molar-refractivity contribution in [3.05, 3.63) is 47.7 Å². The summed E-state index contributed by atoms with van der Waals surface area (Å²) in [5.74, 6) is -0.219. The number of hydrogen-bond donors (Lipinski definition) is 0. The molecule has 14 heavy (non-hydrogen) atoms. The van der Waals surface area contributed by atoms with Crippen LogP contribution in [0.5, 0.6) is 0 Å². The molecule has 0 spiro atoms. The summed E-state index contributed by atoms with van der Waals surface area (Å²) in [5.41, 5.74) is 1.76. The van der Waals surface area contributed by atoms with Crippen molar-refractivity contribution in [1.29, 1.82) is 0 Å². The summed E-state index contributed by atoms with van der Waals surface area (Å²) in [6, 6.07) is 9.80. The van der Waals surface area contributed by atoms with Gasteiger partial charge in [0.05, 0.1) is 6.20 Å². The van der Waals surface area contributed by atoms with Crippen molar-refractivity contribution in [3.8, 4) is 0 Å². The zero-order valence-corrected chi connectivity index (χ0v) is 9.97. The predicted octanol–water partition coefficient (Wildman–Crippen LogP) is 1.72. The molecule has 0 N–H and O–H groups in total. The van der Waals surface area contributed by atoms with Crippen molar-refractivity contribution in [2.24, 2.45) is 10.2 Å². The summed E-state index contributed by atoms with van der Waals surface area (Å²) in [5, 5.41) is 6.96. The Hall–Kier alpha value is -0.770. The maximum atomic E-state index is 11.0. The van der Waals surface area contributed by atoms with E-state index in [0.29, 0.717) is 12.0 Å². The molecule has 4 heteroatoms. The molecule has 2 rings (SSSR count). The van der Waals surface area contributed by atoms with Crippen LogP contribution in [0.15, 0.2) is 52.3 Å². The zero-order valence-electron chi connectivity index (χ0n) is 7.97. The van der Waals surface area contributed by atoms with Crippen molar-refractivity contribution < 1.29 is 4.79 Å². The number of nitrogens with zero attached hydrogens (tertiary/aromatic N) is 2. The van der Waals surface area contributed by atoms with Crippen molar-refractivity contribution >= 4 is 35.5 Å². The van der Waals surface area contributed by atoms with Crippen molar-refractivity contribution in [3.63, 3.8) is 0 Å². The summed E-state index contributed by atoms with van der Waals surface area (Å²) in [6.45, 7) is 0. The van der Waals surface area contributed by atoms with E-state index in [9.17, 15) is 4.79 Å². The largest absolute Gasteiger partial charge is 0.293 e. The Labute approximate surface area is 104 Å². The Morgan fingerprint density at radius 3 is 2.43 bits per heavy atom. The van der Waals surface area contributed by atoms with Gasteiger partial charge >= 0.3 is 0 Å². The second kappa shape index (κ2) is 5.20. The van der Waals surface area contributed by atoms with Gasteiger partial charge in [0.25, 0.3) is 5.91 Å². The molecule has 1 heterocycles. The van der Waals surface area contributed by atoms with Crippen molar-refractivity contribution in [2.75, 3.05) is 0 Å². The molecule has 0 fully saturated rings. The van der Waals surface area contributed by atoms with Gasteiger partial charge in [0.15, 0.2) is 0 Å². The SMILES string of the molecule is O=C1N=NC=C1Cc1ccccc1.[Na]. The number of azo groups is 1. The van der Waals surface area contributed by atoms with E-state index >= 15 is 0 Å². The van der Waals surface area contributed by atoms with Crippen LogP contribution in [0.1, 0.15) is 5.56 Å². The number of carbonyl (C=O) groups is 1. The van der Waals surface area contributed by atoms with Crippen LogP contribution in [0.3, 0.4) is 0 Å². The third-order valence-electron chi connectivity index (χ3n) is 1.87. The van der Waals surface area contributed by atoms with E-state index in [-0.39, 0.29) is 35.5 Å². The molecule has 1 aromatic carbocycles. The number of carbonyl (C=O) groups excluding carboxylic acids is 1. The molecule has 0 atom stereocenters. The Balaban J connectivity index is 0.000000980. The fourth-order valence-electron chi connectivity index (χ4n) is 1.21. The maximum Gasteiger partial charge on any atom is 0.293 e. The van der Waals surface area contributed by atoms with Gasteiger partial charge in [-0.05, 0) is 5.56 Å². The number of hydrogen-bond acceptors (Lipinski definition) is 2. The Morgan fingerprint density at radius 1 is 1.14 bits per heavy atom. The van der Waals surface area contributed by atoms with Gasteiger partial charge in [0.1, 0.15) is 0 Å². The van der Waals surface area contributed by atoms with Crippen LogP contribution in [0.25, 0.3) is 0 Å². The molecule has 0 aromatic heterocycles. The van der Waals surface area contributed by atoms with Crippen LogP contribution in [-0.4, -0.2) is 35.5 Å². The van der Waals surface area contributed by atoms with Crippen LogP contribution in [0.4, 0.5) is 0 Å². The minimum absolute atomic E-state index is 0. The minimum Gasteiger partial charge on any atom is -0.265 e. The van der Waals surface area contributed by atoms with Gasteiger partial charge in [-0.1, -0.05) is 30.3 Å². The molecule has 0 saturated heterocycles. The molecule has 0 aliphatic carbocycles. The third kappa shape index (κ3) is 2.61. The molecule has 1 aromatic rings. The van der Waals surface area contributed by atoms with Crippen LogP contribution in [-0.2, 0) is 11.2 Å². The van der Waals surface area contributed by atoms with Gasteiger partial charge in [-0.3, -0.25) is 4.79 Å². The molecule has 1 aliphatic heterocycles. The first kappa shape index (κ1) is 11.3.